The molecule has 0 aliphatic carbocycles. The van der Waals surface area contributed by atoms with Gasteiger partial charge in [-0.05, 0) is 25.5 Å². The topological polar surface area (TPSA) is 87.5 Å². The van der Waals surface area contributed by atoms with Crippen LogP contribution in [0.1, 0.15) is 13.3 Å². The maximum absolute atomic E-state index is 13.7. The third-order valence-electron chi connectivity index (χ3n) is 3.54. The van der Waals surface area contributed by atoms with Gasteiger partial charge in [0, 0.05) is 25.2 Å². The molecule has 1 aliphatic heterocycles. The highest BCUT2D eigenvalue weighted by Crippen LogP contribution is 2.24. The van der Waals surface area contributed by atoms with Crippen LogP contribution < -0.4 is 21.3 Å². The molecule has 2 rings (SSSR count). The van der Waals surface area contributed by atoms with Crippen LogP contribution in [0, 0.1) is 11.6 Å². The Labute approximate surface area is 126 Å². The molecule has 2 atom stereocenters. The van der Waals surface area contributed by atoms with Crippen molar-refractivity contribution in [1.29, 1.82) is 0 Å². The first-order valence-corrected chi connectivity index (χ1v) is 6.93. The van der Waals surface area contributed by atoms with E-state index in [2.05, 4.69) is 10.6 Å². The molecule has 1 aliphatic rings. The second kappa shape index (κ2) is 6.59. The Morgan fingerprint density at radius 2 is 2.14 bits per heavy atom. The molecule has 2 unspecified atom stereocenters. The molecular formula is C14H18F2N4O2. The van der Waals surface area contributed by atoms with Crippen LogP contribution in [-0.4, -0.2) is 37.1 Å². The van der Waals surface area contributed by atoms with Crippen molar-refractivity contribution in [2.24, 2.45) is 5.73 Å². The number of hydrogen-bond donors (Lipinski definition) is 3. The Hall–Kier alpha value is -2.38. The number of benzene rings is 1. The normalized spacial score (nSPS) is 18.9. The molecule has 22 heavy (non-hydrogen) atoms. The van der Waals surface area contributed by atoms with E-state index < -0.39 is 23.7 Å². The number of hydrogen-bond acceptors (Lipinski definition) is 3. The molecule has 0 aromatic heterocycles. The van der Waals surface area contributed by atoms with Gasteiger partial charge in [-0.2, -0.15) is 0 Å². The Morgan fingerprint density at radius 1 is 1.41 bits per heavy atom. The van der Waals surface area contributed by atoms with E-state index in [-0.39, 0.29) is 11.9 Å². The minimum absolute atomic E-state index is 0.172. The highest BCUT2D eigenvalue weighted by molar-refractivity contribution is 5.86. The lowest BCUT2D eigenvalue weighted by Gasteiger charge is -2.20. The highest BCUT2D eigenvalue weighted by atomic mass is 19.1. The molecule has 1 heterocycles. The van der Waals surface area contributed by atoms with Crippen molar-refractivity contribution in [2.75, 3.05) is 18.0 Å². The van der Waals surface area contributed by atoms with Gasteiger partial charge in [-0.1, -0.05) is 0 Å². The van der Waals surface area contributed by atoms with E-state index in [1.165, 1.54) is 19.1 Å². The lowest BCUT2D eigenvalue weighted by atomic mass is 10.2. The zero-order valence-corrected chi connectivity index (χ0v) is 12.1. The number of rotatable bonds is 4. The summed E-state index contributed by atoms with van der Waals surface area (Å²) in [6.45, 7) is 2.48. The average molecular weight is 312 g/mol. The number of nitrogens with two attached hydrogens (primary N) is 1. The molecule has 8 heteroatoms. The van der Waals surface area contributed by atoms with Gasteiger partial charge in [0.1, 0.15) is 17.7 Å². The van der Waals surface area contributed by atoms with E-state index in [4.69, 9.17) is 5.73 Å². The van der Waals surface area contributed by atoms with Crippen LogP contribution in [-0.2, 0) is 4.79 Å². The van der Waals surface area contributed by atoms with Crippen molar-refractivity contribution < 1.29 is 18.4 Å². The summed E-state index contributed by atoms with van der Waals surface area (Å²) in [6.07, 6.45) is 0.631. The van der Waals surface area contributed by atoms with E-state index in [0.717, 1.165) is 6.07 Å². The molecule has 1 saturated heterocycles. The van der Waals surface area contributed by atoms with Crippen LogP contribution in [0.15, 0.2) is 18.2 Å². The average Bonchev–Trinajstić information content (AvgIpc) is 2.86. The van der Waals surface area contributed by atoms with Gasteiger partial charge < -0.3 is 21.3 Å². The number of nitrogens with one attached hydrogen (secondary N) is 2. The van der Waals surface area contributed by atoms with Crippen molar-refractivity contribution in [3.63, 3.8) is 0 Å². The summed E-state index contributed by atoms with van der Waals surface area (Å²) in [5, 5.41) is 5.05. The molecule has 4 N–H and O–H groups in total. The lowest BCUT2D eigenvalue weighted by Crippen LogP contribution is -2.50. The lowest BCUT2D eigenvalue weighted by molar-refractivity contribution is -0.123. The van der Waals surface area contributed by atoms with E-state index in [9.17, 15) is 18.4 Å². The first kappa shape index (κ1) is 16.0. The molecule has 1 fully saturated rings. The Bertz CT molecular complexity index is 582. The van der Waals surface area contributed by atoms with Gasteiger partial charge in [-0.25, -0.2) is 13.6 Å². The zero-order valence-electron chi connectivity index (χ0n) is 12.1. The summed E-state index contributed by atoms with van der Waals surface area (Å²) in [5.41, 5.74) is 5.26. The fourth-order valence-electron chi connectivity index (χ4n) is 2.44. The summed E-state index contributed by atoms with van der Waals surface area (Å²) >= 11 is 0. The molecule has 0 saturated carbocycles. The van der Waals surface area contributed by atoms with E-state index in [1.807, 2.05) is 0 Å². The molecule has 1 aromatic rings. The Balaban J connectivity index is 1.92. The first-order chi connectivity index (χ1) is 10.4. The zero-order chi connectivity index (χ0) is 16.3. The van der Waals surface area contributed by atoms with Crippen molar-refractivity contribution in [1.82, 2.24) is 10.6 Å². The smallest absolute Gasteiger partial charge is 0.312 e. The van der Waals surface area contributed by atoms with Gasteiger partial charge in [0.2, 0.25) is 5.91 Å². The Morgan fingerprint density at radius 3 is 2.77 bits per heavy atom. The predicted molar refractivity (Wildman–Crippen MR) is 77.3 cm³/mol. The molecule has 0 radical (unpaired) electrons. The Kier molecular flexibility index (Phi) is 4.79. The fraction of sp³-hybridized carbons (Fsp3) is 0.429. The van der Waals surface area contributed by atoms with E-state index in [1.54, 1.807) is 4.90 Å². The molecule has 1 aromatic carbocycles. The summed E-state index contributed by atoms with van der Waals surface area (Å²) in [7, 11) is 0. The number of anilines is 1. The van der Waals surface area contributed by atoms with Crippen LogP contribution in [0.5, 0.6) is 0 Å². The second-order valence-electron chi connectivity index (χ2n) is 5.27. The van der Waals surface area contributed by atoms with E-state index in [0.29, 0.717) is 25.2 Å². The monoisotopic (exact) mass is 312 g/mol. The number of amides is 3. The summed E-state index contributed by atoms with van der Waals surface area (Å²) in [6, 6.07) is 1.72. The number of carbonyl (C=O) groups excluding carboxylic acids is 2. The minimum Gasteiger partial charge on any atom is -0.367 e. The quantitative estimate of drug-likeness (QED) is 0.765. The minimum atomic E-state index is -0.774. The maximum atomic E-state index is 13.7. The summed E-state index contributed by atoms with van der Waals surface area (Å²) in [4.78, 5) is 24.3. The van der Waals surface area contributed by atoms with Crippen molar-refractivity contribution in [2.45, 2.75) is 25.4 Å². The van der Waals surface area contributed by atoms with Crippen LogP contribution in [0.4, 0.5) is 19.3 Å². The molecule has 0 spiro atoms. The second-order valence-corrected chi connectivity index (χ2v) is 5.27. The number of halogens is 2. The molecule has 3 amide bonds. The SMILES string of the molecule is CC(NC(N)=O)C(=O)NC1CCN(c2ccc(F)cc2F)C1. The molecular weight excluding hydrogens is 294 g/mol. The van der Waals surface area contributed by atoms with Gasteiger partial charge in [-0.3, -0.25) is 4.79 Å². The summed E-state index contributed by atoms with van der Waals surface area (Å²) < 4.78 is 26.6. The largest absolute Gasteiger partial charge is 0.367 e. The number of primary amides is 1. The molecule has 0 bridgehead atoms. The molecule has 6 nitrogen and oxygen atoms in total. The van der Waals surface area contributed by atoms with Gasteiger partial charge in [0.15, 0.2) is 0 Å². The number of urea groups is 1. The van der Waals surface area contributed by atoms with Gasteiger partial charge in [-0.15, -0.1) is 0 Å². The highest BCUT2D eigenvalue weighted by Gasteiger charge is 2.27. The first-order valence-electron chi connectivity index (χ1n) is 6.93. The maximum Gasteiger partial charge on any atom is 0.312 e. The van der Waals surface area contributed by atoms with Crippen molar-refractivity contribution in [3.8, 4) is 0 Å². The van der Waals surface area contributed by atoms with Crippen molar-refractivity contribution in [3.05, 3.63) is 29.8 Å². The third kappa shape index (κ3) is 3.84. The van der Waals surface area contributed by atoms with E-state index >= 15 is 0 Å². The van der Waals surface area contributed by atoms with Gasteiger partial charge >= 0.3 is 6.03 Å². The van der Waals surface area contributed by atoms with Gasteiger partial charge in [0.25, 0.3) is 0 Å². The fourth-order valence-corrected chi connectivity index (χ4v) is 2.44. The van der Waals surface area contributed by atoms with Gasteiger partial charge in [0.05, 0.1) is 5.69 Å². The summed E-state index contributed by atoms with van der Waals surface area (Å²) in [5.74, 6) is -1.61. The van der Waals surface area contributed by atoms with Crippen LogP contribution in [0.3, 0.4) is 0 Å². The standard InChI is InChI=1S/C14H18F2N4O2/c1-8(18-14(17)22)13(21)19-10-4-5-20(7-10)12-3-2-9(15)6-11(12)16/h2-3,6,8,10H,4-5,7H2,1H3,(H,19,21)(H3,17,18,22). The number of carbonyl (C=O) groups is 2. The van der Waals surface area contributed by atoms with Crippen molar-refractivity contribution >= 4 is 17.6 Å². The van der Waals surface area contributed by atoms with Crippen LogP contribution in [0.25, 0.3) is 0 Å². The van der Waals surface area contributed by atoms with Crippen LogP contribution >= 0.6 is 0 Å². The predicted octanol–water partition coefficient (Wildman–Crippen LogP) is 0.717. The third-order valence-corrected chi connectivity index (χ3v) is 3.54. The van der Waals surface area contributed by atoms with Crippen LogP contribution in [0.2, 0.25) is 0 Å². The molecule has 120 valence electrons. The number of nitrogens with zero attached hydrogens (tertiary/aromatic N) is 1.